The number of nitrogens with one attached hydrogen (secondary N) is 1. The van der Waals surface area contributed by atoms with E-state index in [0.29, 0.717) is 34.3 Å². The zero-order valence-electron chi connectivity index (χ0n) is 15.6. The Morgan fingerprint density at radius 1 is 1.29 bits per heavy atom. The molecule has 0 saturated carbocycles. The van der Waals surface area contributed by atoms with Crippen molar-refractivity contribution >= 4 is 51.9 Å². The van der Waals surface area contributed by atoms with Crippen LogP contribution in [0.15, 0.2) is 53.7 Å². The fourth-order valence-electron chi connectivity index (χ4n) is 2.75. The molecular weight excluding hydrogens is 390 g/mol. The van der Waals surface area contributed by atoms with Crippen LogP contribution in [0.2, 0.25) is 0 Å². The van der Waals surface area contributed by atoms with Crippen LogP contribution in [0, 0.1) is 0 Å². The molecule has 2 aromatic rings. The van der Waals surface area contributed by atoms with Crippen molar-refractivity contribution in [1.82, 2.24) is 9.88 Å². The van der Waals surface area contributed by atoms with Gasteiger partial charge in [0.1, 0.15) is 4.32 Å². The van der Waals surface area contributed by atoms with Gasteiger partial charge in [-0.05, 0) is 42.2 Å². The Balaban J connectivity index is 1.53. The third-order valence-electron chi connectivity index (χ3n) is 4.29. The fourth-order valence-corrected chi connectivity index (χ4v) is 4.06. The second kappa shape index (κ2) is 9.61. The molecule has 5 nitrogen and oxygen atoms in total. The molecule has 2 heterocycles. The van der Waals surface area contributed by atoms with Crippen LogP contribution in [0.1, 0.15) is 30.9 Å². The van der Waals surface area contributed by atoms with E-state index in [1.165, 1.54) is 17.3 Å². The van der Waals surface area contributed by atoms with Crippen LogP contribution in [0.3, 0.4) is 0 Å². The molecular formula is C21H21N3O2S2. The Bertz CT molecular complexity index is 896. The Morgan fingerprint density at radius 2 is 2.07 bits per heavy atom. The van der Waals surface area contributed by atoms with E-state index in [9.17, 15) is 9.59 Å². The van der Waals surface area contributed by atoms with E-state index in [2.05, 4.69) is 29.4 Å². The number of amides is 2. The highest BCUT2D eigenvalue weighted by atomic mass is 32.2. The lowest BCUT2D eigenvalue weighted by Gasteiger charge is -2.14. The van der Waals surface area contributed by atoms with Crippen molar-refractivity contribution in [3.63, 3.8) is 0 Å². The summed E-state index contributed by atoms with van der Waals surface area (Å²) < 4.78 is 0.536. The third-order valence-corrected chi connectivity index (χ3v) is 5.67. The number of aryl methyl sites for hydroxylation is 1. The van der Waals surface area contributed by atoms with E-state index >= 15 is 0 Å². The summed E-state index contributed by atoms with van der Waals surface area (Å²) in [5.74, 6) is -0.202. The van der Waals surface area contributed by atoms with Gasteiger partial charge in [-0.15, -0.1) is 0 Å². The van der Waals surface area contributed by atoms with E-state index in [1.54, 1.807) is 29.4 Å². The van der Waals surface area contributed by atoms with Crippen LogP contribution < -0.4 is 5.32 Å². The van der Waals surface area contributed by atoms with Crippen LogP contribution in [-0.2, 0) is 16.0 Å². The van der Waals surface area contributed by atoms with Crippen LogP contribution in [0.5, 0.6) is 0 Å². The molecule has 1 aliphatic rings. The molecule has 3 rings (SSSR count). The number of hydrogen-bond acceptors (Lipinski definition) is 5. The maximum atomic E-state index is 12.7. The van der Waals surface area contributed by atoms with Gasteiger partial charge in [-0.3, -0.25) is 19.5 Å². The summed E-state index contributed by atoms with van der Waals surface area (Å²) in [7, 11) is 0. The number of rotatable bonds is 7. The topological polar surface area (TPSA) is 62.3 Å². The molecule has 1 N–H and O–H groups in total. The van der Waals surface area contributed by atoms with Crippen molar-refractivity contribution in [1.29, 1.82) is 0 Å². The van der Waals surface area contributed by atoms with E-state index < -0.39 is 0 Å². The number of thiocarbonyl (C=S) groups is 1. The van der Waals surface area contributed by atoms with Crippen LogP contribution in [0.4, 0.5) is 5.69 Å². The summed E-state index contributed by atoms with van der Waals surface area (Å²) in [5.41, 5.74) is 2.90. The van der Waals surface area contributed by atoms with E-state index in [4.69, 9.17) is 12.2 Å². The van der Waals surface area contributed by atoms with Gasteiger partial charge in [0, 0.05) is 19.2 Å². The largest absolute Gasteiger partial charge is 0.325 e. The molecule has 1 fully saturated rings. The highest BCUT2D eigenvalue weighted by Crippen LogP contribution is 2.32. The van der Waals surface area contributed by atoms with Gasteiger partial charge in [0.25, 0.3) is 5.91 Å². The fraction of sp³-hybridized carbons (Fsp3) is 0.238. The Labute approximate surface area is 174 Å². The van der Waals surface area contributed by atoms with E-state index in [0.717, 1.165) is 12.0 Å². The average Bonchev–Trinajstić information content (AvgIpc) is 2.96. The van der Waals surface area contributed by atoms with Crippen molar-refractivity contribution in [2.45, 2.75) is 26.2 Å². The highest BCUT2D eigenvalue weighted by molar-refractivity contribution is 8.26. The normalized spacial score (nSPS) is 15.3. The lowest BCUT2D eigenvalue weighted by atomic mass is 10.1. The van der Waals surface area contributed by atoms with Crippen LogP contribution >= 0.6 is 24.0 Å². The molecule has 1 aliphatic heterocycles. The quantitative estimate of drug-likeness (QED) is 0.545. The predicted molar refractivity (Wildman–Crippen MR) is 118 cm³/mol. The number of aromatic nitrogens is 1. The van der Waals surface area contributed by atoms with Gasteiger partial charge in [0.2, 0.25) is 5.91 Å². The number of thioether (sulfide) groups is 1. The summed E-state index contributed by atoms with van der Waals surface area (Å²) in [6, 6.07) is 11.7. The zero-order valence-corrected chi connectivity index (χ0v) is 17.2. The summed E-state index contributed by atoms with van der Waals surface area (Å²) in [4.78, 5) is 30.8. The highest BCUT2D eigenvalue weighted by Gasteiger charge is 2.31. The van der Waals surface area contributed by atoms with Crippen molar-refractivity contribution in [3.8, 4) is 0 Å². The molecule has 28 heavy (non-hydrogen) atoms. The maximum Gasteiger partial charge on any atom is 0.266 e. The minimum atomic E-state index is -0.106. The summed E-state index contributed by atoms with van der Waals surface area (Å²) in [6.07, 6.45) is 6.94. The molecule has 0 radical (unpaired) electrons. The summed E-state index contributed by atoms with van der Waals surface area (Å²) in [5, 5.41) is 2.79. The summed E-state index contributed by atoms with van der Waals surface area (Å²) >= 11 is 6.66. The molecule has 1 aromatic heterocycles. The Hall–Kier alpha value is -2.51. The molecule has 1 saturated heterocycles. The molecule has 2 amide bonds. The third kappa shape index (κ3) is 5.27. The smallest absolute Gasteiger partial charge is 0.266 e. The van der Waals surface area contributed by atoms with Crippen molar-refractivity contribution in [2.24, 2.45) is 0 Å². The first-order chi connectivity index (χ1) is 13.6. The first kappa shape index (κ1) is 20.2. The van der Waals surface area contributed by atoms with Crippen LogP contribution in [0.25, 0.3) is 6.08 Å². The van der Waals surface area contributed by atoms with E-state index in [1.807, 2.05) is 18.2 Å². The standard InChI is InChI=1S/C21H21N3O2S2/c1-2-15-7-9-16(10-8-15)13-18-20(26)24(21(27)28-18)12-4-6-19(25)23-17-5-3-11-22-14-17/h3,5,7-11,13-14H,2,4,6,12H2,1H3,(H,23,25)/b18-13-. The number of carbonyl (C=O) groups excluding carboxylic acids is 2. The number of carbonyl (C=O) groups is 2. The number of hydrogen-bond donors (Lipinski definition) is 1. The first-order valence-electron chi connectivity index (χ1n) is 9.11. The first-order valence-corrected chi connectivity index (χ1v) is 10.3. The molecule has 0 unspecified atom stereocenters. The molecule has 144 valence electrons. The number of pyridine rings is 1. The zero-order chi connectivity index (χ0) is 19.9. The Morgan fingerprint density at radius 3 is 2.75 bits per heavy atom. The Kier molecular flexibility index (Phi) is 6.95. The van der Waals surface area contributed by atoms with Gasteiger partial charge in [0.15, 0.2) is 0 Å². The molecule has 0 bridgehead atoms. The average molecular weight is 412 g/mol. The summed E-state index contributed by atoms with van der Waals surface area (Å²) in [6.45, 7) is 2.54. The van der Waals surface area contributed by atoms with Gasteiger partial charge in [-0.1, -0.05) is 55.2 Å². The molecule has 7 heteroatoms. The van der Waals surface area contributed by atoms with Crippen molar-refractivity contribution in [2.75, 3.05) is 11.9 Å². The number of benzene rings is 1. The van der Waals surface area contributed by atoms with Crippen molar-refractivity contribution in [3.05, 3.63) is 64.8 Å². The lowest BCUT2D eigenvalue weighted by molar-refractivity contribution is -0.122. The molecule has 0 atom stereocenters. The minimum absolute atomic E-state index is 0.0952. The van der Waals surface area contributed by atoms with Gasteiger partial charge in [-0.2, -0.15) is 0 Å². The van der Waals surface area contributed by atoms with E-state index in [-0.39, 0.29) is 11.8 Å². The number of nitrogens with zero attached hydrogens (tertiary/aromatic N) is 2. The predicted octanol–water partition coefficient (Wildman–Crippen LogP) is 4.26. The lowest BCUT2D eigenvalue weighted by Crippen LogP contribution is -2.29. The minimum Gasteiger partial charge on any atom is -0.325 e. The van der Waals surface area contributed by atoms with Gasteiger partial charge < -0.3 is 5.32 Å². The van der Waals surface area contributed by atoms with Gasteiger partial charge in [-0.25, -0.2) is 0 Å². The molecule has 0 spiro atoms. The van der Waals surface area contributed by atoms with Gasteiger partial charge >= 0.3 is 0 Å². The molecule has 1 aromatic carbocycles. The SMILES string of the molecule is CCc1ccc(/C=C2\SC(=S)N(CCCC(=O)Nc3cccnc3)C2=O)cc1. The van der Waals surface area contributed by atoms with Gasteiger partial charge in [0.05, 0.1) is 16.8 Å². The van der Waals surface area contributed by atoms with Crippen LogP contribution in [-0.4, -0.2) is 32.6 Å². The molecule has 0 aliphatic carbocycles. The van der Waals surface area contributed by atoms with Crippen molar-refractivity contribution < 1.29 is 9.59 Å². The second-order valence-corrected chi connectivity index (χ2v) is 8.00. The maximum absolute atomic E-state index is 12.7. The monoisotopic (exact) mass is 411 g/mol. The number of anilines is 1. The second-order valence-electron chi connectivity index (χ2n) is 6.32.